The molecule has 0 spiro atoms. The number of rotatable bonds is 5. The summed E-state index contributed by atoms with van der Waals surface area (Å²) in [4.78, 5) is 10.9. The van der Waals surface area contributed by atoms with Crippen LogP contribution in [0.1, 0.15) is 19.8 Å². The van der Waals surface area contributed by atoms with Crippen molar-refractivity contribution in [2.24, 2.45) is 5.84 Å². The van der Waals surface area contributed by atoms with Crippen LogP contribution in [0.4, 0.5) is 0 Å². The molecule has 88 valence electrons. The molecule has 5 heteroatoms. The van der Waals surface area contributed by atoms with Gasteiger partial charge >= 0.3 is 0 Å². The fourth-order valence-electron chi connectivity index (χ4n) is 1.24. The zero-order valence-electron chi connectivity index (χ0n) is 9.07. The molecule has 0 aliphatic rings. The Bertz CT molecular complexity index is 358. The lowest BCUT2D eigenvalue weighted by Crippen LogP contribution is -2.30. The third-order valence-corrected chi connectivity index (χ3v) is 2.31. The first-order valence-corrected chi connectivity index (χ1v) is 5.41. The Morgan fingerprint density at radius 2 is 2.38 bits per heavy atom. The maximum atomic E-state index is 10.9. The number of hydrazine groups is 1. The number of halogens is 1. The van der Waals surface area contributed by atoms with Gasteiger partial charge in [0.2, 0.25) is 5.91 Å². The Balaban J connectivity index is 2.39. The van der Waals surface area contributed by atoms with Crippen molar-refractivity contribution in [2.45, 2.75) is 25.9 Å². The van der Waals surface area contributed by atoms with Crippen molar-refractivity contribution in [3.8, 4) is 5.75 Å². The molecule has 0 aliphatic carbocycles. The Labute approximate surface area is 99.7 Å². The summed E-state index contributed by atoms with van der Waals surface area (Å²) in [6.45, 7) is 1.89. The molecule has 0 aliphatic heterocycles. The van der Waals surface area contributed by atoms with Crippen LogP contribution in [0.15, 0.2) is 24.3 Å². The van der Waals surface area contributed by atoms with E-state index in [0.29, 0.717) is 23.6 Å². The number of hydrogen-bond donors (Lipinski definition) is 2. The number of hydrogen-bond acceptors (Lipinski definition) is 3. The molecule has 1 amide bonds. The first kappa shape index (κ1) is 12.8. The highest BCUT2D eigenvalue weighted by atomic mass is 35.5. The Morgan fingerprint density at radius 3 is 3.00 bits per heavy atom. The largest absolute Gasteiger partial charge is 0.491 e. The summed E-state index contributed by atoms with van der Waals surface area (Å²) < 4.78 is 5.58. The second-order valence-corrected chi connectivity index (χ2v) is 3.93. The Morgan fingerprint density at radius 1 is 1.62 bits per heavy atom. The summed E-state index contributed by atoms with van der Waals surface area (Å²) in [5, 5.41) is 0.629. The summed E-state index contributed by atoms with van der Waals surface area (Å²) in [5.74, 6) is 5.48. The molecule has 0 heterocycles. The van der Waals surface area contributed by atoms with Gasteiger partial charge in [0.1, 0.15) is 5.75 Å². The van der Waals surface area contributed by atoms with Gasteiger partial charge in [0, 0.05) is 11.4 Å². The first-order chi connectivity index (χ1) is 7.61. The highest BCUT2D eigenvalue weighted by molar-refractivity contribution is 6.30. The second kappa shape index (κ2) is 6.35. The van der Waals surface area contributed by atoms with Crippen LogP contribution in [0.3, 0.4) is 0 Å². The van der Waals surface area contributed by atoms with Crippen LogP contribution in [0.2, 0.25) is 5.02 Å². The van der Waals surface area contributed by atoms with E-state index in [1.807, 2.05) is 19.1 Å². The zero-order chi connectivity index (χ0) is 12.0. The standard InChI is InChI=1S/C11H15ClN2O2/c1-8(5-6-11(15)14-13)16-10-4-2-3-9(12)7-10/h2-4,7-8H,5-6,13H2,1H3,(H,14,15). The number of carbonyl (C=O) groups excluding carboxylic acids is 1. The minimum absolute atomic E-state index is 0.0595. The minimum Gasteiger partial charge on any atom is -0.491 e. The summed E-state index contributed by atoms with van der Waals surface area (Å²) in [6, 6.07) is 7.16. The lowest BCUT2D eigenvalue weighted by molar-refractivity contribution is -0.121. The van der Waals surface area contributed by atoms with Gasteiger partial charge in [0.25, 0.3) is 0 Å². The molecular weight excluding hydrogens is 228 g/mol. The maximum Gasteiger partial charge on any atom is 0.234 e. The molecule has 0 radical (unpaired) electrons. The molecule has 4 nitrogen and oxygen atoms in total. The van der Waals surface area contributed by atoms with Crippen LogP contribution in [-0.2, 0) is 4.79 Å². The normalized spacial score (nSPS) is 11.9. The lowest BCUT2D eigenvalue weighted by atomic mass is 10.2. The fraction of sp³-hybridized carbons (Fsp3) is 0.364. The SMILES string of the molecule is CC(CCC(=O)NN)Oc1cccc(Cl)c1. The van der Waals surface area contributed by atoms with E-state index < -0.39 is 0 Å². The van der Waals surface area contributed by atoms with Gasteiger partial charge in [-0.3, -0.25) is 10.2 Å². The van der Waals surface area contributed by atoms with Crippen molar-refractivity contribution < 1.29 is 9.53 Å². The highest BCUT2D eigenvalue weighted by Gasteiger charge is 2.07. The number of ether oxygens (including phenoxy) is 1. The van der Waals surface area contributed by atoms with E-state index in [-0.39, 0.29) is 12.0 Å². The number of amides is 1. The van der Waals surface area contributed by atoms with E-state index in [1.165, 1.54) is 0 Å². The van der Waals surface area contributed by atoms with E-state index in [1.54, 1.807) is 12.1 Å². The molecule has 0 aromatic heterocycles. The third-order valence-electron chi connectivity index (χ3n) is 2.07. The first-order valence-electron chi connectivity index (χ1n) is 5.03. The van der Waals surface area contributed by atoms with E-state index >= 15 is 0 Å². The van der Waals surface area contributed by atoms with Crippen LogP contribution in [0.5, 0.6) is 5.75 Å². The van der Waals surface area contributed by atoms with E-state index in [2.05, 4.69) is 5.43 Å². The molecule has 1 atom stereocenters. The van der Waals surface area contributed by atoms with Gasteiger partial charge in [-0.25, -0.2) is 5.84 Å². The van der Waals surface area contributed by atoms with Crippen LogP contribution >= 0.6 is 11.6 Å². The summed E-state index contributed by atoms with van der Waals surface area (Å²) in [6.07, 6.45) is 0.893. The summed E-state index contributed by atoms with van der Waals surface area (Å²) >= 11 is 5.82. The quantitative estimate of drug-likeness (QED) is 0.471. The average Bonchev–Trinajstić information content (AvgIpc) is 2.26. The van der Waals surface area contributed by atoms with Gasteiger partial charge in [-0.1, -0.05) is 17.7 Å². The Hall–Kier alpha value is -1.26. The second-order valence-electron chi connectivity index (χ2n) is 3.49. The molecule has 0 fully saturated rings. The third kappa shape index (κ3) is 4.51. The van der Waals surface area contributed by atoms with Gasteiger partial charge in [-0.15, -0.1) is 0 Å². The molecule has 1 unspecified atom stereocenters. The van der Waals surface area contributed by atoms with Crippen LogP contribution in [0.25, 0.3) is 0 Å². The van der Waals surface area contributed by atoms with Gasteiger partial charge in [-0.2, -0.15) is 0 Å². The summed E-state index contributed by atoms with van der Waals surface area (Å²) in [7, 11) is 0. The number of nitrogens with one attached hydrogen (secondary N) is 1. The van der Waals surface area contributed by atoms with Crippen LogP contribution in [-0.4, -0.2) is 12.0 Å². The van der Waals surface area contributed by atoms with E-state index in [0.717, 1.165) is 0 Å². The van der Waals surface area contributed by atoms with Gasteiger partial charge < -0.3 is 4.74 Å². The molecule has 1 aromatic rings. The molecule has 1 rings (SSSR count). The van der Waals surface area contributed by atoms with Crippen molar-refractivity contribution >= 4 is 17.5 Å². The Kier molecular flexibility index (Phi) is 5.08. The minimum atomic E-state index is -0.193. The molecule has 0 bridgehead atoms. The molecule has 3 N–H and O–H groups in total. The lowest BCUT2D eigenvalue weighted by Gasteiger charge is -2.14. The van der Waals surface area contributed by atoms with Crippen molar-refractivity contribution in [1.82, 2.24) is 5.43 Å². The molecule has 0 saturated carbocycles. The zero-order valence-corrected chi connectivity index (χ0v) is 9.83. The molecule has 0 saturated heterocycles. The predicted octanol–water partition coefficient (Wildman–Crippen LogP) is 1.88. The maximum absolute atomic E-state index is 10.9. The van der Waals surface area contributed by atoms with Crippen LogP contribution in [0, 0.1) is 0 Å². The molecule has 1 aromatic carbocycles. The predicted molar refractivity (Wildman–Crippen MR) is 63.1 cm³/mol. The van der Waals surface area contributed by atoms with E-state index in [4.69, 9.17) is 22.2 Å². The monoisotopic (exact) mass is 242 g/mol. The molecule has 16 heavy (non-hydrogen) atoms. The van der Waals surface area contributed by atoms with Crippen molar-refractivity contribution in [3.63, 3.8) is 0 Å². The van der Waals surface area contributed by atoms with Crippen molar-refractivity contribution in [1.29, 1.82) is 0 Å². The number of nitrogens with two attached hydrogens (primary N) is 1. The number of benzene rings is 1. The van der Waals surface area contributed by atoms with E-state index in [9.17, 15) is 4.79 Å². The smallest absolute Gasteiger partial charge is 0.234 e. The molecular formula is C11H15ClN2O2. The fourth-order valence-corrected chi connectivity index (χ4v) is 1.42. The van der Waals surface area contributed by atoms with Crippen molar-refractivity contribution in [3.05, 3.63) is 29.3 Å². The van der Waals surface area contributed by atoms with Gasteiger partial charge in [-0.05, 0) is 31.5 Å². The van der Waals surface area contributed by atoms with Crippen molar-refractivity contribution in [2.75, 3.05) is 0 Å². The number of carbonyl (C=O) groups is 1. The average molecular weight is 243 g/mol. The highest BCUT2D eigenvalue weighted by Crippen LogP contribution is 2.19. The van der Waals surface area contributed by atoms with Crippen LogP contribution < -0.4 is 16.0 Å². The van der Waals surface area contributed by atoms with Gasteiger partial charge in [0.05, 0.1) is 6.10 Å². The summed E-state index contributed by atoms with van der Waals surface area (Å²) in [5.41, 5.74) is 2.08. The topological polar surface area (TPSA) is 64.4 Å². The van der Waals surface area contributed by atoms with Gasteiger partial charge in [0.15, 0.2) is 0 Å².